The van der Waals surface area contributed by atoms with E-state index in [9.17, 15) is 14.0 Å². The van der Waals surface area contributed by atoms with Crippen molar-refractivity contribution in [1.82, 2.24) is 5.32 Å². The number of allylic oxidation sites excluding steroid dienone is 2. The Morgan fingerprint density at radius 3 is 2.17 bits per heavy atom. The maximum atomic E-state index is 13.7. The highest BCUT2D eigenvalue weighted by Gasteiger charge is 2.52. The Balaban J connectivity index is 1.37. The molecule has 2 bridgehead atoms. The Morgan fingerprint density at radius 2 is 1.53 bits per heavy atom. The van der Waals surface area contributed by atoms with Crippen molar-refractivity contribution >= 4 is 23.6 Å². The minimum Gasteiger partial charge on any atom is -0.469 e. The molecule has 0 spiro atoms. The molecule has 1 unspecified atom stereocenters. The molecule has 4 nitrogen and oxygen atoms in total. The van der Waals surface area contributed by atoms with Crippen LogP contribution in [0.3, 0.4) is 0 Å². The van der Waals surface area contributed by atoms with Crippen molar-refractivity contribution in [3.63, 3.8) is 0 Å². The predicted molar refractivity (Wildman–Crippen MR) is 139 cm³/mol. The van der Waals surface area contributed by atoms with Gasteiger partial charge in [0, 0.05) is 10.6 Å². The van der Waals surface area contributed by atoms with Crippen LogP contribution in [0.1, 0.15) is 29.2 Å². The second kappa shape index (κ2) is 10.7. The Hall–Kier alpha value is -3.38. The summed E-state index contributed by atoms with van der Waals surface area (Å²) < 4.78 is 18.7. The van der Waals surface area contributed by atoms with Crippen LogP contribution in [0.5, 0.6) is 0 Å². The second-order valence-corrected chi connectivity index (χ2v) is 10.4. The monoisotopic (exact) mass is 501 g/mol. The van der Waals surface area contributed by atoms with Gasteiger partial charge in [-0.1, -0.05) is 66.7 Å². The number of methoxy groups -OCH3 is 1. The number of halogens is 1. The summed E-state index contributed by atoms with van der Waals surface area (Å²) >= 11 is 1.74. The van der Waals surface area contributed by atoms with E-state index in [1.165, 1.54) is 24.8 Å². The molecule has 3 aromatic rings. The van der Waals surface area contributed by atoms with Crippen LogP contribution < -0.4 is 5.32 Å². The van der Waals surface area contributed by atoms with Crippen molar-refractivity contribution in [3.05, 3.63) is 114 Å². The molecule has 0 aliphatic heterocycles. The number of amides is 1. The molecule has 6 heteroatoms. The van der Waals surface area contributed by atoms with Crippen molar-refractivity contribution in [2.75, 3.05) is 7.11 Å². The predicted octanol–water partition coefficient (Wildman–Crippen LogP) is 5.93. The number of carbonyl (C=O) groups is 2. The zero-order chi connectivity index (χ0) is 25.1. The fourth-order valence-electron chi connectivity index (χ4n) is 5.39. The topological polar surface area (TPSA) is 55.4 Å². The lowest BCUT2D eigenvalue weighted by atomic mass is 9.82. The van der Waals surface area contributed by atoms with Crippen LogP contribution in [0.25, 0.3) is 0 Å². The number of hydrogen-bond donors (Lipinski definition) is 1. The maximum Gasteiger partial charge on any atom is 0.310 e. The molecular weight excluding hydrogens is 473 g/mol. The summed E-state index contributed by atoms with van der Waals surface area (Å²) in [7, 11) is 1.37. The SMILES string of the molecule is COC(=O)[C@@H]1[C@H](C(=O)NC(c2ccc(F)cc2)c2ccc(SCc3ccccc3)cc2)[C@@H]2C=C[C@H]1C2. The van der Waals surface area contributed by atoms with E-state index in [0.29, 0.717) is 0 Å². The summed E-state index contributed by atoms with van der Waals surface area (Å²) in [6, 6.07) is 24.1. The number of ether oxygens (including phenoxy) is 1. The van der Waals surface area contributed by atoms with Gasteiger partial charge in [0.1, 0.15) is 5.82 Å². The lowest BCUT2D eigenvalue weighted by Crippen LogP contribution is -2.42. The first-order valence-electron chi connectivity index (χ1n) is 12.1. The van der Waals surface area contributed by atoms with E-state index >= 15 is 0 Å². The second-order valence-electron chi connectivity index (χ2n) is 9.36. The van der Waals surface area contributed by atoms with E-state index in [0.717, 1.165) is 28.2 Å². The number of thioether (sulfide) groups is 1. The number of esters is 1. The molecule has 5 rings (SSSR count). The highest BCUT2D eigenvalue weighted by atomic mass is 32.2. The van der Waals surface area contributed by atoms with Gasteiger partial charge in [-0.15, -0.1) is 11.8 Å². The molecular formula is C30H28FNO3S. The van der Waals surface area contributed by atoms with Crippen molar-refractivity contribution in [1.29, 1.82) is 0 Å². The number of rotatable bonds is 8. The molecule has 1 fully saturated rings. The van der Waals surface area contributed by atoms with Crippen molar-refractivity contribution < 1.29 is 18.7 Å². The summed E-state index contributed by atoms with van der Waals surface area (Å²) in [6.45, 7) is 0. The van der Waals surface area contributed by atoms with Gasteiger partial charge in [-0.3, -0.25) is 9.59 Å². The third kappa shape index (κ3) is 5.09. The van der Waals surface area contributed by atoms with Gasteiger partial charge < -0.3 is 10.1 Å². The fraction of sp³-hybridized carbons (Fsp3) is 0.267. The first kappa shape index (κ1) is 24.3. The van der Waals surface area contributed by atoms with Crippen LogP contribution in [-0.2, 0) is 20.1 Å². The number of nitrogens with one attached hydrogen (secondary N) is 1. The highest BCUT2D eigenvalue weighted by Crippen LogP contribution is 2.48. The smallest absolute Gasteiger partial charge is 0.310 e. The minimum absolute atomic E-state index is 0.0183. The molecule has 0 saturated heterocycles. The molecule has 184 valence electrons. The first-order valence-corrected chi connectivity index (χ1v) is 13.1. The normalized spacial score (nSPS) is 22.8. The molecule has 1 N–H and O–H groups in total. The third-order valence-electron chi connectivity index (χ3n) is 7.19. The number of benzene rings is 3. The number of carbonyl (C=O) groups excluding carboxylic acids is 2. The molecule has 2 aliphatic carbocycles. The number of fused-ring (bicyclic) bond motifs is 2. The summed E-state index contributed by atoms with van der Waals surface area (Å²) in [4.78, 5) is 27.2. The Bertz CT molecular complexity index is 1240. The summed E-state index contributed by atoms with van der Waals surface area (Å²) in [6.07, 6.45) is 4.85. The molecule has 1 amide bonds. The van der Waals surface area contributed by atoms with E-state index in [1.54, 1.807) is 23.9 Å². The van der Waals surface area contributed by atoms with Crippen molar-refractivity contribution in [3.8, 4) is 0 Å². The summed E-state index contributed by atoms with van der Waals surface area (Å²) in [5, 5.41) is 3.17. The molecule has 2 aliphatic rings. The highest BCUT2D eigenvalue weighted by molar-refractivity contribution is 7.98. The van der Waals surface area contributed by atoms with Crippen molar-refractivity contribution in [2.24, 2.45) is 23.7 Å². The van der Waals surface area contributed by atoms with Gasteiger partial charge in [0.25, 0.3) is 0 Å². The van der Waals surface area contributed by atoms with Crippen LogP contribution in [0.2, 0.25) is 0 Å². The van der Waals surface area contributed by atoms with Gasteiger partial charge in [-0.25, -0.2) is 4.39 Å². The molecule has 3 aromatic carbocycles. The first-order chi connectivity index (χ1) is 17.5. The lowest BCUT2D eigenvalue weighted by Gasteiger charge is -2.28. The molecule has 0 radical (unpaired) electrons. The van der Waals surface area contributed by atoms with E-state index in [2.05, 4.69) is 17.4 Å². The third-order valence-corrected chi connectivity index (χ3v) is 8.27. The van der Waals surface area contributed by atoms with Crippen LogP contribution in [-0.4, -0.2) is 19.0 Å². The molecule has 36 heavy (non-hydrogen) atoms. The molecule has 0 heterocycles. The Kier molecular flexibility index (Phi) is 7.23. The van der Waals surface area contributed by atoms with Gasteiger partial charge in [-0.05, 0) is 59.2 Å². The molecule has 5 atom stereocenters. The Morgan fingerprint density at radius 1 is 0.917 bits per heavy atom. The van der Waals surface area contributed by atoms with Crippen molar-refractivity contribution in [2.45, 2.75) is 23.1 Å². The standard InChI is InChI=1S/C30H28FNO3S/c1-35-30(34)27-23-8-7-22(17-23)26(27)29(33)32-28(20-9-13-24(31)14-10-20)21-11-15-25(16-12-21)36-18-19-5-3-2-4-6-19/h2-16,22-23,26-28H,17-18H2,1H3,(H,32,33)/t22-,23+,26-,27+,28?/m1/s1. The van der Waals surface area contributed by atoms with E-state index in [4.69, 9.17) is 4.74 Å². The van der Waals surface area contributed by atoms with Crippen LogP contribution in [0, 0.1) is 29.5 Å². The zero-order valence-electron chi connectivity index (χ0n) is 20.0. The van der Waals surface area contributed by atoms with Crippen LogP contribution in [0.15, 0.2) is 95.9 Å². The van der Waals surface area contributed by atoms with Gasteiger partial charge in [-0.2, -0.15) is 0 Å². The zero-order valence-corrected chi connectivity index (χ0v) is 20.8. The van der Waals surface area contributed by atoms with E-state index in [-0.39, 0.29) is 29.5 Å². The quantitative estimate of drug-likeness (QED) is 0.236. The van der Waals surface area contributed by atoms with E-state index < -0.39 is 17.9 Å². The molecule has 1 saturated carbocycles. The Labute approximate surface area is 214 Å². The van der Waals surface area contributed by atoms with Gasteiger partial charge in [0.2, 0.25) is 5.91 Å². The fourth-order valence-corrected chi connectivity index (χ4v) is 6.24. The van der Waals surface area contributed by atoms with Crippen LogP contribution in [0.4, 0.5) is 4.39 Å². The van der Waals surface area contributed by atoms with E-state index in [1.807, 2.05) is 54.6 Å². The largest absolute Gasteiger partial charge is 0.469 e. The molecule has 0 aromatic heterocycles. The average Bonchev–Trinajstić information content (AvgIpc) is 3.54. The van der Waals surface area contributed by atoms with Gasteiger partial charge in [0.05, 0.1) is 25.0 Å². The summed E-state index contributed by atoms with van der Waals surface area (Å²) in [5.74, 6) is -0.894. The lowest BCUT2D eigenvalue weighted by molar-refractivity contribution is -0.151. The van der Waals surface area contributed by atoms with Crippen LogP contribution >= 0.6 is 11.8 Å². The van der Waals surface area contributed by atoms with Gasteiger partial charge >= 0.3 is 5.97 Å². The number of hydrogen-bond acceptors (Lipinski definition) is 4. The van der Waals surface area contributed by atoms with Gasteiger partial charge in [0.15, 0.2) is 0 Å². The summed E-state index contributed by atoms with van der Waals surface area (Å²) in [5.41, 5.74) is 2.93. The maximum absolute atomic E-state index is 13.7. The minimum atomic E-state index is -0.476. The average molecular weight is 502 g/mol.